The van der Waals surface area contributed by atoms with E-state index in [-0.39, 0.29) is 5.96 Å². The molecule has 0 saturated heterocycles. The van der Waals surface area contributed by atoms with Gasteiger partial charge in [-0.25, -0.2) is 0 Å². The maximum absolute atomic E-state index is 5.76. The van der Waals surface area contributed by atoms with Gasteiger partial charge in [-0.15, -0.1) is 5.10 Å². The molecule has 0 aliphatic heterocycles. The molecular weight excluding hydrogens is 240 g/mol. The van der Waals surface area contributed by atoms with E-state index in [4.69, 9.17) is 16.2 Å². The number of benzene rings is 2. The highest BCUT2D eigenvalue weighted by Gasteiger charge is 2.01. The molecule has 0 radical (unpaired) electrons. The fourth-order valence-corrected chi connectivity index (χ4v) is 1.45. The first-order valence-corrected chi connectivity index (χ1v) is 5.69. The van der Waals surface area contributed by atoms with Gasteiger partial charge in [0.05, 0.1) is 6.21 Å². The molecule has 0 saturated carbocycles. The number of hydrogen-bond donors (Lipinski definition) is 2. The van der Waals surface area contributed by atoms with Crippen molar-refractivity contribution in [3.05, 3.63) is 60.2 Å². The molecule has 5 nitrogen and oxygen atoms in total. The number of para-hydroxylation sites is 2. The van der Waals surface area contributed by atoms with E-state index in [0.29, 0.717) is 5.75 Å². The Morgan fingerprint density at radius 1 is 0.947 bits per heavy atom. The van der Waals surface area contributed by atoms with Gasteiger partial charge in [0.2, 0.25) is 5.96 Å². The highest BCUT2D eigenvalue weighted by Crippen LogP contribution is 2.23. The topological polar surface area (TPSA) is 86.0 Å². The summed E-state index contributed by atoms with van der Waals surface area (Å²) in [5.74, 6) is 1.35. The highest BCUT2D eigenvalue weighted by atomic mass is 16.5. The second-order valence-electron chi connectivity index (χ2n) is 3.72. The molecule has 0 aromatic heterocycles. The summed E-state index contributed by atoms with van der Waals surface area (Å²) < 4.78 is 5.76. The number of nitrogens with two attached hydrogens (primary N) is 2. The van der Waals surface area contributed by atoms with Crippen LogP contribution in [0.3, 0.4) is 0 Å². The summed E-state index contributed by atoms with van der Waals surface area (Å²) >= 11 is 0. The molecule has 19 heavy (non-hydrogen) atoms. The Hall–Kier alpha value is -2.82. The Bertz CT molecular complexity index is 589. The lowest BCUT2D eigenvalue weighted by molar-refractivity contribution is 0.482. The maximum atomic E-state index is 5.76. The second-order valence-corrected chi connectivity index (χ2v) is 3.72. The third-order valence-corrected chi connectivity index (χ3v) is 2.26. The zero-order valence-electron chi connectivity index (χ0n) is 10.2. The van der Waals surface area contributed by atoms with Crippen LogP contribution in [0.15, 0.2) is 64.8 Å². The van der Waals surface area contributed by atoms with Gasteiger partial charge in [-0.2, -0.15) is 5.10 Å². The van der Waals surface area contributed by atoms with Crippen molar-refractivity contribution < 1.29 is 4.74 Å². The Kier molecular flexibility index (Phi) is 4.12. The van der Waals surface area contributed by atoms with Crippen molar-refractivity contribution >= 4 is 12.2 Å². The third-order valence-electron chi connectivity index (χ3n) is 2.26. The molecule has 0 aliphatic carbocycles. The van der Waals surface area contributed by atoms with Gasteiger partial charge in [-0.3, -0.25) is 0 Å². The summed E-state index contributed by atoms with van der Waals surface area (Å²) in [4.78, 5) is 0. The predicted octanol–water partition coefficient (Wildman–Crippen LogP) is 2.09. The van der Waals surface area contributed by atoms with Crippen LogP contribution < -0.4 is 16.2 Å². The summed E-state index contributed by atoms with van der Waals surface area (Å²) in [6.45, 7) is 0. The number of rotatable bonds is 4. The summed E-state index contributed by atoms with van der Waals surface area (Å²) in [5.41, 5.74) is 11.2. The van der Waals surface area contributed by atoms with Gasteiger partial charge in [0.25, 0.3) is 0 Å². The number of ether oxygens (including phenoxy) is 1. The van der Waals surface area contributed by atoms with E-state index >= 15 is 0 Å². The van der Waals surface area contributed by atoms with E-state index in [1.165, 1.54) is 6.21 Å². The summed E-state index contributed by atoms with van der Waals surface area (Å²) in [6.07, 6.45) is 1.54. The number of nitrogens with zero attached hydrogens (tertiary/aromatic N) is 2. The van der Waals surface area contributed by atoms with E-state index in [1.54, 1.807) is 0 Å². The highest BCUT2D eigenvalue weighted by molar-refractivity contribution is 5.84. The zero-order valence-corrected chi connectivity index (χ0v) is 10.2. The molecular formula is C14H14N4O. The molecule has 0 fully saturated rings. The molecule has 2 aromatic rings. The van der Waals surface area contributed by atoms with Gasteiger partial charge >= 0.3 is 0 Å². The Balaban J connectivity index is 2.21. The van der Waals surface area contributed by atoms with Crippen molar-refractivity contribution in [2.75, 3.05) is 0 Å². The molecule has 2 rings (SSSR count). The van der Waals surface area contributed by atoms with E-state index in [9.17, 15) is 0 Å². The van der Waals surface area contributed by atoms with Crippen LogP contribution >= 0.6 is 0 Å². The van der Waals surface area contributed by atoms with E-state index in [2.05, 4.69) is 10.2 Å². The van der Waals surface area contributed by atoms with Crippen LogP contribution in [-0.2, 0) is 0 Å². The Labute approximate surface area is 111 Å². The predicted molar refractivity (Wildman–Crippen MR) is 76.4 cm³/mol. The first-order chi connectivity index (χ1) is 9.25. The van der Waals surface area contributed by atoms with E-state index in [0.717, 1.165) is 11.3 Å². The Morgan fingerprint density at radius 2 is 1.63 bits per heavy atom. The van der Waals surface area contributed by atoms with Crippen LogP contribution in [0.1, 0.15) is 5.56 Å². The van der Waals surface area contributed by atoms with Gasteiger partial charge in [0.1, 0.15) is 11.5 Å². The molecule has 0 spiro atoms. The zero-order chi connectivity index (χ0) is 13.5. The minimum absolute atomic E-state index is 0.0855. The average molecular weight is 254 g/mol. The lowest BCUT2D eigenvalue weighted by Crippen LogP contribution is -2.21. The molecule has 96 valence electrons. The van der Waals surface area contributed by atoms with Crippen LogP contribution in [0.4, 0.5) is 0 Å². The van der Waals surface area contributed by atoms with Crippen molar-refractivity contribution in [2.45, 2.75) is 0 Å². The second kappa shape index (κ2) is 6.20. The van der Waals surface area contributed by atoms with Crippen LogP contribution in [0.5, 0.6) is 11.5 Å². The van der Waals surface area contributed by atoms with Crippen molar-refractivity contribution in [2.24, 2.45) is 21.7 Å². The van der Waals surface area contributed by atoms with Crippen molar-refractivity contribution in [1.82, 2.24) is 0 Å². The maximum Gasteiger partial charge on any atom is 0.211 e. The van der Waals surface area contributed by atoms with Crippen molar-refractivity contribution in [1.29, 1.82) is 0 Å². The lowest BCUT2D eigenvalue weighted by atomic mass is 10.2. The van der Waals surface area contributed by atoms with Crippen LogP contribution in [0, 0.1) is 0 Å². The number of guanidine groups is 1. The SMILES string of the molecule is NC(N)=NN=Cc1ccccc1Oc1ccccc1. The molecule has 0 bridgehead atoms. The molecule has 0 heterocycles. The monoisotopic (exact) mass is 254 g/mol. The van der Waals surface area contributed by atoms with Crippen LogP contribution in [0.2, 0.25) is 0 Å². The third kappa shape index (κ3) is 3.85. The average Bonchev–Trinajstić information content (AvgIpc) is 2.41. The summed E-state index contributed by atoms with van der Waals surface area (Å²) in [5, 5.41) is 7.33. The summed E-state index contributed by atoms with van der Waals surface area (Å²) in [6, 6.07) is 17.0. The number of hydrogen-bond acceptors (Lipinski definition) is 3. The molecule has 2 aromatic carbocycles. The fraction of sp³-hybridized carbons (Fsp3) is 0. The standard InChI is InChI=1S/C14H14N4O/c15-14(16)18-17-10-11-6-4-5-9-13(11)19-12-7-2-1-3-8-12/h1-10H,(H4,15,16,18). The van der Waals surface area contributed by atoms with Crippen molar-refractivity contribution in [3.63, 3.8) is 0 Å². The first kappa shape index (κ1) is 12.6. The van der Waals surface area contributed by atoms with Gasteiger partial charge in [0.15, 0.2) is 0 Å². The normalized spacial score (nSPS) is 10.3. The van der Waals surface area contributed by atoms with Gasteiger partial charge in [0, 0.05) is 5.56 Å². The van der Waals surface area contributed by atoms with E-state index < -0.39 is 0 Å². The molecule has 0 atom stereocenters. The van der Waals surface area contributed by atoms with Gasteiger partial charge in [-0.1, -0.05) is 30.3 Å². The van der Waals surface area contributed by atoms with Gasteiger partial charge < -0.3 is 16.2 Å². The molecule has 0 amide bonds. The minimum Gasteiger partial charge on any atom is -0.457 e. The van der Waals surface area contributed by atoms with E-state index in [1.807, 2.05) is 54.6 Å². The lowest BCUT2D eigenvalue weighted by Gasteiger charge is -2.07. The van der Waals surface area contributed by atoms with Crippen LogP contribution in [0.25, 0.3) is 0 Å². The molecule has 5 heteroatoms. The largest absolute Gasteiger partial charge is 0.457 e. The smallest absolute Gasteiger partial charge is 0.211 e. The van der Waals surface area contributed by atoms with Crippen molar-refractivity contribution in [3.8, 4) is 11.5 Å². The Morgan fingerprint density at radius 3 is 2.37 bits per heavy atom. The van der Waals surface area contributed by atoms with Crippen LogP contribution in [-0.4, -0.2) is 12.2 Å². The fourth-order valence-electron chi connectivity index (χ4n) is 1.45. The molecule has 4 N–H and O–H groups in total. The van der Waals surface area contributed by atoms with Gasteiger partial charge in [-0.05, 0) is 24.3 Å². The quantitative estimate of drug-likeness (QED) is 0.497. The summed E-state index contributed by atoms with van der Waals surface area (Å²) in [7, 11) is 0. The molecule has 0 aliphatic rings. The first-order valence-electron chi connectivity index (χ1n) is 5.69. The minimum atomic E-state index is -0.0855. The molecule has 0 unspecified atom stereocenters.